The SMILES string of the molecule is Brc1cc(Br)c2c(c1)CN(C1CCCCC1)CO2.Oc1ccc2ccccc2c1. The number of hydrogen-bond acceptors (Lipinski definition) is 3. The van der Waals surface area contributed by atoms with Gasteiger partial charge in [0.15, 0.2) is 0 Å². The van der Waals surface area contributed by atoms with Gasteiger partial charge in [-0.1, -0.05) is 65.5 Å². The molecule has 0 spiro atoms. The predicted molar refractivity (Wildman–Crippen MR) is 125 cm³/mol. The van der Waals surface area contributed by atoms with E-state index >= 15 is 0 Å². The minimum absolute atomic E-state index is 0.323. The number of ether oxygens (including phenoxy) is 1. The topological polar surface area (TPSA) is 32.7 Å². The minimum atomic E-state index is 0.323. The number of phenolic OH excluding ortho intramolecular Hbond substituents is 1. The van der Waals surface area contributed by atoms with Crippen LogP contribution in [0, 0.1) is 0 Å². The fourth-order valence-corrected chi connectivity index (χ4v) is 5.59. The molecule has 3 aromatic rings. The van der Waals surface area contributed by atoms with Crippen molar-refractivity contribution in [2.45, 2.75) is 44.7 Å². The lowest BCUT2D eigenvalue weighted by Crippen LogP contribution is -2.41. The van der Waals surface area contributed by atoms with E-state index in [4.69, 9.17) is 9.84 Å². The van der Waals surface area contributed by atoms with Gasteiger partial charge in [-0.2, -0.15) is 0 Å². The van der Waals surface area contributed by atoms with Crippen molar-refractivity contribution in [3.63, 3.8) is 0 Å². The molecule has 0 bridgehead atoms. The van der Waals surface area contributed by atoms with Gasteiger partial charge in [-0.25, -0.2) is 0 Å². The van der Waals surface area contributed by atoms with Crippen molar-refractivity contribution in [2.24, 2.45) is 0 Å². The first-order chi connectivity index (χ1) is 14.1. The second kappa shape index (κ2) is 9.50. The molecule has 152 valence electrons. The van der Waals surface area contributed by atoms with Gasteiger partial charge in [0, 0.05) is 22.6 Å². The molecule has 1 fully saturated rings. The Balaban J connectivity index is 0.000000159. The van der Waals surface area contributed by atoms with Crippen molar-refractivity contribution in [1.29, 1.82) is 0 Å². The summed E-state index contributed by atoms with van der Waals surface area (Å²) >= 11 is 7.13. The number of aromatic hydroxyl groups is 1. The Morgan fingerprint density at radius 1 is 0.897 bits per heavy atom. The van der Waals surface area contributed by atoms with Crippen LogP contribution >= 0.6 is 31.9 Å². The van der Waals surface area contributed by atoms with Crippen LogP contribution in [0.1, 0.15) is 37.7 Å². The third-order valence-corrected chi connectivity index (χ3v) is 6.70. The molecule has 2 aliphatic rings. The summed E-state index contributed by atoms with van der Waals surface area (Å²) in [6.45, 7) is 1.75. The number of nitrogens with zero attached hydrogens (tertiary/aromatic N) is 1. The third kappa shape index (κ3) is 5.14. The van der Waals surface area contributed by atoms with E-state index in [2.05, 4.69) is 48.9 Å². The molecule has 5 rings (SSSR count). The van der Waals surface area contributed by atoms with Gasteiger partial charge >= 0.3 is 0 Å². The Morgan fingerprint density at radius 2 is 1.66 bits per heavy atom. The van der Waals surface area contributed by atoms with E-state index in [9.17, 15) is 0 Å². The number of halogens is 2. The molecular weight excluding hydrogens is 494 g/mol. The van der Waals surface area contributed by atoms with Crippen molar-refractivity contribution >= 4 is 42.6 Å². The molecule has 5 heteroatoms. The largest absolute Gasteiger partial charge is 0.508 e. The Hall–Kier alpha value is -1.56. The van der Waals surface area contributed by atoms with E-state index < -0.39 is 0 Å². The van der Waals surface area contributed by atoms with E-state index in [0.717, 1.165) is 38.7 Å². The van der Waals surface area contributed by atoms with Crippen LogP contribution in [0.2, 0.25) is 0 Å². The van der Waals surface area contributed by atoms with Crippen molar-refractivity contribution < 1.29 is 9.84 Å². The Kier molecular flexibility index (Phi) is 6.78. The maximum atomic E-state index is 9.13. The fraction of sp³-hybridized carbons (Fsp3) is 0.333. The zero-order valence-electron chi connectivity index (χ0n) is 16.3. The van der Waals surface area contributed by atoms with Crippen LogP contribution in [-0.4, -0.2) is 22.8 Å². The smallest absolute Gasteiger partial charge is 0.142 e. The van der Waals surface area contributed by atoms with Crippen LogP contribution in [-0.2, 0) is 6.54 Å². The maximum absolute atomic E-state index is 9.13. The first kappa shape index (κ1) is 20.7. The highest BCUT2D eigenvalue weighted by atomic mass is 79.9. The summed E-state index contributed by atoms with van der Waals surface area (Å²) in [5.74, 6) is 1.34. The fourth-order valence-electron chi connectivity index (χ4n) is 4.16. The molecule has 1 heterocycles. The standard InChI is InChI=1S/C14H17Br2NO.C10H8O/c15-11-6-10-8-17(12-4-2-1-3-5-12)9-18-14(10)13(16)7-11;11-10-6-5-8-3-1-2-4-9(8)7-10/h6-7,12H,1-5,8-9H2;1-7,11H. The molecule has 0 radical (unpaired) electrons. The Morgan fingerprint density at radius 3 is 2.45 bits per heavy atom. The van der Waals surface area contributed by atoms with Gasteiger partial charge in [-0.05, 0) is 63.8 Å². The highest BCUT2D eigenvalue weighted by Crippen LogP contribution is 2.37. The lowest BCUT2D eigenvalue weighted by molar-refractivity contribution is 0.0397. The molecular formula is C24H25Br2NO2. The van der Waals surface area contributed by atoms with E-state index in [-0.39, 0.29) is 0 Å². The quantitative estimate of drug-likeness (QED) is 0.368. The summed E-state index contributed by atoms with van der Waals surface area (Å²) in [5, 5.41) is 11.4. The zero-order valence-corrected chi connectivity index (χ0v) is 19.5. The molecule has 1 aliphatic heterocycles. The molecule has 0 aromatic heterocycles. The number of rotatable bonds is 1. The lowest BCUT2D eigenvalue weighted by Gasteiger charge is -2.37. The maximum Gasteiger partial charge on any atom is 0.142 e. The lowest BCUT2D eigenvalue weighted by atomic mass is 9.94. The molecule has 0 atom stereocenters. The Bertz CT molecular complexity index is 986. The Labute approximate surface area is 188 Å². The van der Waals surface area contributed by atoms with Crippen molar-refractivity contribution in [1.82, 2.24) is 4.90 Å². The number of phenols is 1. The third-order valence-electron chi connectivity index (χ3n) is 5.66. The van der Waals surface area contributed by atoms with Gasteiger partial charge in [0.2, 0.25) is 0 Å². The van der Waals surface area contributed by atoms with Crippen molar-refractivity contribution in [3.8, 4) is 11.5 Å². The van der Waals surface area contributed by atoms with Crippen molar-refractivity contribution in [3.05, 3.63) is 69.1 Å². The predicted octanol–water partition coefficient (Wildman–Crippen LogP) is 7.24. The van der Waals surface area contributed by atoms with E-state index in [1.807, 2.05) is 30.3 Å². The number of benzene rings is 3. The summed E-state index contributed by atoms with van der Waals surface area (Å²) in [5.41, 5.74) is 1.29. The molecule has 1 N–H and O–H groups in total. The van der Waals surface area contributed by atoms with Gasteiger partial charge in [0.1, 0.15) is 18.2 Å². The highest BCUT2D eigenvalue weighted by molar-refractivity contribution is 9.11. The van der Waals surface area contributed by atoms with Crippen LogP contribution in [0.4, 0.5) is 0 Å². The molecule has 1 aliphatic carbocycles. The zero-order chi connectivity index (χ0) is 20.2. The van der Waals surface area contributed by atoms with E-state index in [1.54, 1.807) is 12.1 Å². The van der Waals surface area contributed by atoms with Gasteiger partial charge in [0.05, 0.1) is 4.47 Å². The second-order valence-electron chi connectivity index (χ2n) is 7.72. The molecule has 3 nitrogen and oxygen atoms in total. The number of fused-ring (bicyclic) bond motifs is 2. The van der Waals surface area contributed by atoms with Gasteiger partial charge in [-0.15, -0.1) is 0 Å². The minimum Gasteiger partial charge on any atom is -0.508 e. The highest BCUT2D eigenvalue weighted by Gasteiger charge is 2.27. The van der Waals surface area contributed by atoms with Crippen LogP contribution < -0.4 is 4.74 Å². The summed E-state index contributed by atoms with van der Waals surface area (Å²) in [6, 6.07) is 18.3. The summed E-state index contributed by atoms with van der Waals surface area (Å²) in [6.07, 6.45) is 6.80. The first-order valence-corrected chi connectivity index (χ1v) is 11.7. The van der Waals surface area contributed by atoms with Crippen LogP contribution in [0.25, 0.3) is 10.8 Å². The van der Waals surface area contributed by atoms with Crippen LogP contribution in [0.15, 0.2) is 63.5 Å². The molecule has 3 aromatic carbocycles. The average Bonchev–Trinajstić information content (AvgIpc) is 2.74. The summed E-state index contributed by atoms with van der Waals surface area (Å²) in [7, 11) is 0. The monoisotopic (exact) mass is 517 g/mol. The summed E-state index contributed by atoms with van der Waals surface area (Å²) < 4.78 is 8.10. The van der Waals surface area contributed by atoms with E-state index in [1.165, 1.54) is 37.7 Å². The van der Waals surface area contributed by atoms with Gasteiger partial charge < -0.3 is 9.84 Å². The first-order valence-electron chi connectivity index (χ1n) is 10.1. The average molecular weight is 519 g/mol. The van der Waals surface area contributed by atoms with E-state index in [0.29, 0.717) is 11.8 Å². The molecule has 0 unspecified atom stereocenters. The molecule has 1 saturated carbocycles. The van der Waals surface area contributed by atoms with Crippen LogP contribution in [0.5, 0.6) is 11.5 Å². The normalized spacial score (nSPS) is 17.2. The second-order valence-corrected chi connectivity index (χ2v) is 9.49. The molecule has 0 amide bonds. The molecule has 29 heavy (non-hydrogen) atoms. The number of hydrogen-bond donors (Lipinski definition) is 1. The van der Waals surface area contributed by atoms with Crippen LogP contribution in [0.3, 0.4) is 0 Å². The summed E-state index contributed by atoms with van der Waals surface area (Å²) in [4.78, 5) is 2.49. The molecule has 0 saturated heterocycles. The van der Waals surface area contributed by atoms with Crippen molar-refractivity contribution in [2.75, 3.05) is 6.73 Å². The van der Waals surface area contributed by atoms with Gasteiger partial charge in [0.25, 0.3) is 0 Å². The van der Waals surface area contributed by atoms with Gasteiger partial charge in [-0.3, -0.25) is 4.90 Å².